The summed E-state index contributed by atoms with van der Waals surface area (Å²) in [7, 11) is 0. The van der Waals surface area contributed by atoms with Gasteiger partial charge in [-0.1, -0.05) is 91.0 Å². The molecular formula is C25H20O3. The van der Waals surface area contributed by atoms with Crippen molar-refractivity contribution < 1.29 is 14.4 Å². The van der Waals surface area contributed by atoms with Crippen molar-refractivity contribution >= 4 is 31.0 Å². The minimum atomic E-state index is 0.370. The maximum atomic E-state index is 11.2. The minimum Gasteiger partial charge on any atom is -0.298 e. The smallest absolute Gasteiger partial charge is 0.150 e. The first kappa shape index (κ1) is 20.5. The summed E-state index contributed by atoms with van der Waals surface area (Å²) in [6.07, 6.45) is 5.65. The summed E-state index contributed by atoms with van der Waals surface area (Å²) in [5, 5.41) is 0. The van der Waals surface area contributed by atoms with Crippen LogP contribution in [0.15, 0.2) is 102 Å². The van der Waals surface area contributed by atoms with Crippen molar-refractivity contribution in [2.75, 3.05) is 0 Å². The zero-order valence-electron chi connectivity index (χ0n) is 15.3. The summed E-state index contributed by atoms with van der Waals surface area (Å²) in [5.41, 5.74) is 3.24. The van der Waals surface area contributed by atoms with Gasteiger partial charge in [0.25, 0.3) is 0 Å². The Bertz CT molecular complexity index is 881. The quantitative estimate of drug-likeness (QED) is 0.347. The normalized spacial score (nSPS) is 11.0. The van der Waals surface area contributed by atoms with Crippen molar-refractivity contribution in [1.29, 1.82) is 0 Å². The second-order valence-corrected chi connectivity index (χ2v) is 5.78. The van der Waals surface area contributed by atoms with Gasteiger partial charge >= 0.3 is 0 Å². The van der Waals surface area contributed by atoms with Gasteiger partial charge in [-0.15, -0.1) is 0 Å². The summed E-state index contributed by atoms with van der Waals surface area (Å²) in [5.74, 6) is 0. The van der Waals surface area contributed by atoms with E-state index in [0.717, 1.165) is 23.0 Å². The topological polar surface area (TPSA) is 51.2 Å². The van der Waals surface area contributed by atoms with Gasteiger partial charge in [0.2, 0.25) is 0 Å². The first-order chi connectivity index (χ1) is 13.8. The molecule has 0 saturated carbocycles. The first-order valence-corrected chi connectivity index (χ1v) is 8.71. The number of aldehydes is 3. The Kier molecular flexibility index (Phi) is 8.55. The van der Waals surface area contributed by atoms with E-state index in [1.54, 1.807) is 24.3 Å². The molecule has 0 atom stereocenters. The van der Waals surface area contributed by atoms with E-state index in [1.807, 2.05) is 78.9 Å². The van der Waals surface area contributed by atoms with Gasteiger partial charge in [-0.3, -0.25) is 14.4 Å². The van der Waals surface area contributed by atoms with E-state index in [4.69, 9.17) is 0 Å². The Morgan fingerprint density at radius 1 is 0.464 bits per heavy atom. The van der Waals surface area contributed by atoms with Crippen molar-refractivity contribution in [3.05, 3.63) is 119 Å². The highest BCUT2D eigenvalue weighted by Crippen LogP contribution is 2.15. The largest absolute Gasteiger partial charge is 0.298 e. The summed E-state index contributed by atoms with van der Waals surface area (Å²) in [4.78, 5) is 32.5. The highest BCUT2D eigenvalue weighted by Gasteiger charge is 2.04. The SMILES string of the molecule is O=CC(=C\c1ccccc1)/C(C=O)=C/c1ccccc1.O=Cc1ccccc1. The Hall–Kier alpha value is -3.85. The van der Waals surface area contributed by atoms with E-state index in [0.29, 0.717) is 23.7 Å². The molecule has 0 fully saturated rings. The molecule has 138 valence electrons. The molecule has 0 heterocycles. The zero-order valence-corrected chi connectivity index (χ0v) is 15.3. The highest BCUT2D eigenvalue weighted by atomic mass is 16.1. The van der Waals surface area contributed by atoms with Crippen LogP contribution in [0.25, 0.3) is 12.2 Å². The summed E-state index contributed by atoms with van der Waals surface area (Å²) in [6, 6.07) is 28.0. The lowest BCUT2D eigenvalue weighted by molar-refractivity contribution is -0.107. The predicted octanol–water partition coefficient (Wildman–Crippen LogP) is 5.05. The van der Waals surface area contributed by atoms with Crippen LogP contribution in [-0.2, 0) is 9.59 Å². The Labute approximate surface area is 164 Å². The summed E-state index contributed by atoms with van der Waals surface area (Å²) in [6.45, 7) is 0. The molecule has 3 aromatic rings. The monoisotopic (exact) mass is 368 g/mol. The lowest BCUT2D eigenvalue weighted by Crippen LogP contribution is -1.93. The molecule has 28 heavy (non-hydrogen) atoms. The Balaban J connectivity index is 0.000000292. The van der Waals surface area contributed by atoms with Gasteiger partial charge in [-0.05, 0) is 23.3 Å². The third-order valence-corrected chi connectivity index (χ3v) is 3.77. The minimum absolute atomic E-state index is 0.370. The number of hydrogen-bond donors (Lipinski definition) is 0. The molecule has 0 aliphatic rings. The fraction of sp³-hybridized carbons (Fsp3) is 0. The fourth-order valence-electron chi connectivity index (χ4n) is 2.36. The molecule has 0 aromatic heterocycles. The van der Waals surface area contributed by atoms with E-state index >= 15 is 0 Å². The number of benzene rings is 3. The maximum Gasteiger partial charge on any atom is 0.150 e. The van der Waals surface area contributed by atoms with Crippen LogP contribution in [-0.4, -0.2) is 18.9 Å². The van der Waals surface area contributed by atoms with E-state index in [9.17, 15) is 14.4 Å². The zero-order chi connectivity index (χ0) is 20.0. The second-order valence-electron chi connectivity index (χ2n) is 5.78. The lowest BCUT2D eigenvalue weighted by atomic mass is 10.0. The van der Waals surface area contributed by atoms with Crippen molar-refractivity contribution in [2.24, 2.45) is 0 Å². The van der Waals surface area contributed by atoms with E-state index in [1.165, 1.54) is 0 Å². The molecule has 0 unspecified atom stereocenters. The summed E-state index contributed by atoms with van der Waals surface area (Å²) < 4.78 is 0. The first-order valence-electron chi connectivity index (χ1n) is 8.71. The molecule has 0 aliphatic heterocycles. The van der Waals surface area contributed by atoms with Crippen molar-refractivity contribution in [3.63, 3.8) is 0 Å². The molecule has 0 spiro atoms. The molecule has 3 heteroatoms. The number of allylic oxidation sites excluding steroid dienone is 2. The van der Waals surface area contributed by atoms with Crippen LogP contribution in [0.5, 0.6) is 0 Å². The van der Waals surface area contributed by atoms with Gasteiger partial charge < -0.3 is 0 Å². The van der Waals surface area contributed by atoms with Crippen LogP contribution in [0.1, 0.15) is 21.5 Å². The standard InChI is InChI=1S/C18H14O2.C7H6O/c19-13-17(11-15-7-3-1-4-8-15)18(14-20)12-16-9-5-2-6-10-16;8-6-7-4-2-1-3-5-7/h1-14H;1-6H/b17-11+,18-12+;. The predicted molar refractivity (Wildman–Crippen MR) is 113 cm³/mol. The summed E-state index contributed by atoms with van der Waals surface area (Å²) >= 11 is 0. The average Bonchev–Trinajstić information content (AvgIpc) is 2.78. The molecule has 0 radical (unpaired) electrons. The van der Waals surface area contributed by atoms with Gasteiger partial charge in [0.15, 0.2) is 12.6 Å². The van der Waals surface area contributed by atoms with Crippen LogP contribution in [0, 0.1) is 0 Å². The number of rotatable bonds is 6. The van der Waals surface area contributed by atoms with E-state index in [-0.39, 0.29) is 0 Å². The van der Waals surface area contributed by atoms with Crippen LogP contribution in [0.3, 0.4) is 0 Å². The number of hydrogen-bond acceptors (Lipinski definition) is 3. The molecular weight excluding hydrogens is 348 g/mol. The Morgan fingerprint density at radius 3 is 1.04 bits per heavy atom. The van der Waals surface area contributed by atoms with Crippen LogP contribution < -0.4 is 0 Å². The third-order valence-electron chi connectivity index (χ3n) is 3.77. The molecule has 0 N–H and O–H groups in total. The number of carbonyl (C=O) groups is 3. The van der Waals surface area contributed by atoms with Gasteiger partial charge in [-0.2, -0.15) is 0 Å². The van der Waals surface area contributed by atoms with E-state index in [2.05, 4.69) is 0 Å². The Morgan fingerprint density at radius 2 is 0.786 bits per heavy atom. The highest BCUT2D eigenvalue weighted by molar-refractivity contribution is 6.02. The van der Waals surface area contributed by atoms with Crippen molar-refractivity contribution in [1.82, 2.24) is 0 Å². The van der Waals surface area contributed by atoms with Crippen LogP contribution in [0.2, 0.25) is 0 Å². The lowest BCUT2D eigenvalue weighted by Gasteiger charge is -2.01. The van der Waals surface area contributed by atoms with E-state index < -0.39 is 0 Å². The van der Waals surface area contributed by atoms with Gasteiger partial charge in [-0.25, -0.2) is 0 Å². The van der Waals surface area contributed by atoms with Crippen LogP contribution in [0.4, 0.5) is 0 Å². The molecule has 0 aliphatic carbocycles. The molecule has 0 saturated heterocycles. The number of carbonyl (C=O) groups excluding carboxylic acids is 3. The fourth-order valence-corrected chi connectivity index (χ4v) is 2.36. The molecule has 3 rings (SSSR count). The molecule has 3 aromatic carbocycles. The van der Waals surface area contributed by atoms with Gasteiger partial charge in [0.1, 0.15) is 6.29 Å². The van der Waals surface area contributed by atoms with Crippen molar-refractivity contribution in [2.45, 2.75) is 0 Å². The molecule has 0 bridgehead atoms. The maximum absolute atomic E-state index is 11.2. The van der Waals surface area contributed by atoms with Crippen LogP contribution >= 0.6 is 0 Å². The average molecular weight is 368 g/mol. The van der Waals surface area contributed by atoms with Crippen molar-refractivity contribution in [3.8, 4) is 0 Å². The van der Waals surface area contributed by atoms with Gasteiger partial charge in [0, 0.05) is 16.7 Å². The molecule has 0 amide bonds. The van der Waals surface area contributed by atoms with Gasteiger partial charge in [0.05, 0.1) is 0 Å². The second kappa shape index (κ2) is 11.7. The third kappa shape index (κ3) is 6.81. The molecule has 3 nitrogen and oxygen atoms in total.